The summed E-state index contributed by atoms with van der Waals surface area (Å²) in [6, 6.07) is 8.98. The molecule has 0 aliphatic rings. The predicted octanol–water partition coefficient (Wildman–Crippen LogP) is 2.88. The van der Waals surface area contributed by atoms with Gasteiger partial charge >= 0.3 is 0 Å². The van der Waals surface area contributed by atoms with Gasteiger partial charge in [-0.15, -0.1) is 0 Å². The van der Waals surface area contributed by atoms with Gasteiger partial charge in [-0.3, -0.25) is 4.79 Å². The molecule has 1 aromatic heterocycles. The van der Waals surface area contributed by atoms with Crippen LogP contribution in [0.3, 0.4) is 0 Å². The smallest absolute Gasteiger partial charge is 0.271 e. The lowest BCUT2D eigenvalue weighted by molar-refractivity contribution is 0.0954. The molecule has 0 spiro atoms. The fourth-order valence-corrected chi connectivity index (χ4v) is 1.51. The SMILES string of the molecule is C/C(=N\NC(=O)c1cccc(F)c1)c1ccc(C)o1. The van der Waals surface area contributed by atoms with Gasteiger partial charge in [0.1, 0.15) is 23.0 Å². The molecule has 0 unspecified atom stereocenters. The van der Waals surface area contributed by atoms with Crippen molar-refractivity contribution in [3.05, 3.63) is 59.3 Å². The van der Waals surface area contributed by atoms with Crippen molar-refractivity contribution in [2.45, 2.75) is 13.8 Å². The van der Waals surface area contributed by atoms with Crippen LogP contribution in [-0.4, -0.2) is 11.6 Å². The van der Waals surface area contributed by atoms with Crippen molar-refractivity contribution in [2.75, 3.05) is 0 Å². The molecule has 4 nitrogen and oxygen atoms in total. The number of furan rings is 1. The Hall–Kier alpha value is -2.43. The molecular weight excluding hydrogens is 247 g/mol. The van der Waals surface area contributed by atoms with Gasteiger partial charge in [-0.05, 0) is 44.2 Å². The standard InChI is InChI=1S/C14H13FN2O2/c1-9-6-7-13(19-9)10(2)16-17-14(18)11-4-3-5-12(15)8-11/h3-8H,1-2H3,(H,17,18)/b16-10+. The quantitative estimate of drug-likeness (QED) is 0.681. The number of nitrogens with one attached hydrogen (secondary N) is 1. The van der Waals surface area contributed by atoms with E-state index in [4.69, 9.17) is 4.42 Å². The summed E-state index contributed by atoms with van der Waals surface area (Å²) >= 11 is 0. The molecule has 0 radical (unpaired) electrons. The first-order chi connectivity index (χ1) is 9.06. The largest absolute Gasteiger partial charge is 0.460 e. The van der Waals surface area contributed by atoms with Crippen molar-refractivity contribution in [1.29, 1.82) is 0 Å². The van der Waals surface area contributed by atoms with Crippen molar-refractivity contribution >= 4 is 11.6 Å². The van der Waals surface area contributed by atoms with Crippen molar-refractivity contribution in [3.63, 3.8) is 0 Å². The number of hydrogen-bond donors (Lipinski definition) is 1. The average molecular weight is 260 g/mol. The number of nitrogens with zero attached hydrogens (tertiary/aromatic N) is 1. The third-order valence-corrected chi connectivity index (χ3v) is 2.51. The first-order valence-electron chi connectivity index (χ1n) is 5.73. The zero-order chi connectivity index (χ0) is 13.8. The van der Waals surface area contributed by atoms with Gasteiger partial charge in [-0.25, -0.2) is 9.82 Å². The first kappa shape index (κ1) is 13.0. The van der Waals surface area contributed by atoms with Crippen LogP contribution in [0.25, 0.3) is 0 Å². The molecule has 2 rings (SSSR count). The van der Waals surface area contributed by atoms with Crippen LogP contribution in [0.15, 0.2) is 45.9 Å². The molecule has 1 amide bonds. The maximum absolute atomic E-state index is 13.0. The van der Waals surface area contributed by atoms with E-state index in [1.54, 1.807) is 13.0 Å². The molecule has 0 fully saturated rings. The number of hydrazone groups is 1. The molecule has 0 aliphatic heterocycles. The van der Waals surface area contributed by atoms with E-state index in [-0.39, 0.29) is 5.56 Å². The second kappa shape index (κ2) is 5.48. The van der Waals surface area contributed by atoms with E-state index < -0.39 is 11.7 Å². The summed E-state index contributed by atoms with van der Waals surface area (Å²) in [5.41, 5.74) is 3.11. The Morgan fingerprint density at radius 3 is 2.74 bits per heavy atom. The van der Waals surface area contributed by atoms with Crippen molar-refractivity contribution in [3.8, 4) is 0 Å². The molecule has 0 aliphatic carbocycles. The number of halogens is 1. The van der Waals surface area contributed by atoms with Crippen LogP contribution in [0.4, 0.5) is 4.39 Å². The van der Waals surface area contributed by atoms with Gasteiger partial charge in [-0.1, -0.05) is 6.07 Å². The maximum Gasteiger partial charge on any atom is 0.271 e. The van der Waals surface area contributed by atoms with Gasteiger partial charge in [0.25, 0.3) is 5.91 Å². The molecule has 2 aromatic rings. The topological polar surface area (TPSA) is 54.6 Å². The number of rotatable bonds is 3. The van der Waals surface area contributed by atoms with Crippen LogP contribution < -0.4 is 5.43 Å². The first-order valence-corrected chi connectivity index (χ1v) is 5.73. The Morgan fingerprint density at radius 2 is 2.11 bits per heavy atom. The van der Waals surface area contributed by atoms with Crippen LogP contribution in [0.1, 0.15) is 28.8 Å². The Bertz CT molecular complexity index is 632. The second-order valence-electron chi connectivity index (χ2n) is 4.06. The maximum atomic E-state index is 13.0. The van der Waals surface area contributed by atoms with E-state index in [1.807, 2.05) is 13.0 Å². The van der Waals surface area contributed by atoms with Gasteiger partial charge in [0.05, 0.1) is 0 Å². The van der Waals surface area contributed by atoms with Crippen LogP contribution in [0.2, 0.25) is 0 Å². The van der Waals surface area contributed by atoms with E-state index in [0.717, 1.165) is 11.8 Å². The Labute approximate surface area is 109 Å². The van der Waals surface area contributed by atoms with Crippen molar-refractivity contribution in [1.82, 2.24) is 5.43 Å². The molecule has 1 heterocycles. The third-order valence-electron chi connectivity index (χ3n) is 2.51. The normalized spacial score (nSPS) is 11.4. The molecule has 0 saturated heterocycles. The molecule has 0 saturated carbocycles. The lowest BCUT2D eigenvalue weighted by Crippen LogP contribution is -2.19. The van der Waals surface area contributed by atoms with Crippen LogP contribution in [-0.2, 0) is 0 Å². The number of carbonyl (C=O) groups is 1. The molecule has 1 N–H and O–H groups in total. The monoisotopic (exact) mass is 260 g/mol. The summed E-state index contributed by atoms with van der Waals surface area (Å²) in [5.74, 6) is 0.412. The summed E-state index contributed by atoms with van der Waals surface area (Å²) in [6.07, 6.45) is 0. The van der Waals surface area contributed by atoms with Crippen LogP contribution in [0, 0.1) is 12.7 Å². The van der Waals surface area contributed by atoms with Gasteiger partial charge in [-0.2, -0.15) is 5.10 Å². The van der Waals surface area contributed by atoms with Gasteiger partial charge in [0.2, 0.25) is 0 Å². The number of benzene rings is 1. The van der Waals surface area contributed by atoms with Gasteiger partial charge in [0.15, 0.2) is 0 Å². The lowest BCUT2D eigenvalue weighted by Gasteiger charge is -2.01. The summed E-state index contributed by atoms with van der Waals surface area (Å²) in [5, 5.41) is 3.91. The highest BCUT2D eigenvalue weighted by atomic mass is 19.1. The number of aryl methyl sites for hydroxylation is 1. The Balaban J connectivity index is 2.07. The van der Waals surface area contributed by atoms with Crippen molar-refractivity contribution < 1.29 is 13.6 Å². The van der Waals surface area contributed by atoms with E-state index >= 15 is 0 Å². The number of amides is 1. The molecular formula is C14H13FN2O2. The van der Waals surface area contributed by atoms with E-state index in [9.17, 15) is 9.18 Å². The number of hydrogen-bond acceptors (Lipinski definition) is 3. The number of carbonyl (C=O) groups excluding carboxylic acids is 1. The highest BCUT2D eigenvalue weighted by Crippen LogP contribution is 2.07. The fraction of sp³-hybridized carbons (Fsp3) is 0.143. The average Bonchev–Trinajstić information content (AvgIpc) is 2.82. The van der Waals surface area contributed by atoms with E-state index in [2.05, 4.69) is 10.5 Å². The van der Waals surface area contributed by atoms with Crippen LogP contribution >= 0.6 is 0 Å². The van der Waals surface area contributed by atoms with Crippen molar-refractivity contribution in [2.24, 2.45) is 5.10 Å². The molecule has 19 heavy (non-hydrogen) atoms. The summed E-state index contributed by atoms with van der Waals surface area (Å²) in [4.78, 5) is 11.7. The van der Waals surface area contributed by atoms with Crippen LogP contribution in [0.5, 0.6) is 0 Å². The fourth-order valence-electron chi connectivity index (χ4n) is 1.51. The highest BCUT2D eigenvalue weighted by Gasteiger charge is 2.07. The summed E-state index contributed by atoms with van der Waals surface area (Å²) < 4.78 is 18.3. The second-order valence-corrected chi connectivity index (χ2v) is 4.06. The minimum absolute atomic E-state index is 0.215. The Kier molecular flexibility index (Phi) is 3.75. The van der Waals surface area contributed by atoms with E-state index in [1.165, 1.54) is 18.2 Å². The third kappa shape index (κ3) is 3.28. The molecule has 0 atom stereocenters. The van der Waals surface area contributed by atoms with Gasteiger partial charge < -0.3 is 4.42 Å². The molecule has 5 heteroatoms. The molecule has 1 aromatic carbocycles. The van der Waals surface area contributed by atoms with Gasteiger partial charge in [0, 0.05) is 5.56 Å². The summed E-state index contributed by atoms with van der Waals surface area (Å²) in [7, 11) is 0. The zero-order valence-electron chi connectivity index (χ0n) is 10.6. The Morgan fingerprint density at radius 1 is 1.32 bits per heavy atom. The van der Waals surface area contributed by atoms with E-state index in [0.29, 0.717) is 11.5 Å². The summed E-state index contributed by atoms with van der Waals surface area (Å²) in [6.45, 7) is 3.53. The molecule has 0 bridgehead atoms. The molecule has 98 valence electrons. The zero-order valence-corrected chi connectivity index (χ0v) is 10.6. The predicted molar refractivity (Wildman–Crippen MR) is 69.5 cm³/mol. The lowest BCUT2D eigenvalue weighted by atomic mass is 10.2. The highest BCUT2D eigenvalue weighted by molar-refractivity contribution is 5.99. The minimum Gasteiger partial charge on any atom is -0.460 e. The minimum atomic E-state index is -0.470.